The summed E-state index contributed by atoms with van der Waals surface area (Å²) in [5.74, 6) is 9.09. The number of carboxylic acids is 1. The number of carboxylic acid groups (broad SMARTS) is 1. The van der Waals surface area contributed by atoms with Gasteiger partial charge in [-0.15, -0.1) is 0 Å². The smallest absolute Gasteiger partial charge is 0.324 e. The molecule has 8 nitrogen and oxygen atoms in total. The van der Waals surface area contributed by atoms with Gasteiger partial charge >= 0.3 is 5.97 Å². The van der Waals surface area contributed by atoms with E-state index in [1.165, 1.54) is 6.20 Å². The molecule has 1 rings (SSSR count). The number of H-pyrrole nitrogens is 1. The second-order valence-corrected chi connectivity index (χ2v) is 2.72. The lowest BCUT2D eigenvalue weighted by molar-refractivity contribution is -0.143. The van der Waals surface area contributed by atoms with Crippen LogP contribution in [0.2, 0.25) is 0 Å². The molecule has 7 N–H and O–H groups in total. The minimum atomic E-state index is -1.16. The molecule has 0 amide bonds. The van der Waals surface area contributed by atoms with Gasteiger partial charge in [-0.05, 0) is 0 Å². The van der Waals surface area contributed by atoms with E-state index in [2.05, 4.69) is 9.97 Å². The average molecular weight is 201 g/mol. The Labute approximate surface area is 79.1 Å². The van der Waals surface area contributed by atoms with Gasteiger partial charge in [0.2, 0.25) is 0 Å². The first-order valence-electron chi connectivity index (χ1n) is 3.75. The monoisotopic (exact) mass is 201 g/mol. The summed E-state index contributed by atoms with van der Waals surface area (Å²) >= 11 is 0. The quantitative estimate of drug-likeness (QED) is 0.284. The molecule has 14 heavy (non-hydrogen) atoms. The van der Waals surface area contributed by atoms with E-state index < -0.39 is 12.0 Å². The standard InChI is InChI=1S/C6H11N5O3/c7-11(8)4(5(12)13)1-3-2-9-6(14)10-3/h2,4H,1,7-8H2,(H,12,13)(H2,9,10,14)/t4-/m0/s1. The first-order valence-corrected chi connectivity index (χ1v) is 3.75. The Morgan fingerprint density at radius 1 is 1.71 bits per heavy atom. The molecule has 8 heteroatoms. The average Bonchev–Trinajstić information content (AvgIpc) is 2.46. The van der Waals surface area contributed by atoms with Gasteiger partial charge < -0.3 is 15.2 Å². The summed E-state index contributed by atoms with van der Waals surface area (Å²) in [5, 5.41) is 18.2. The van der Waals surface area contributed by atoms with E-state index in [4.69, 9.17) is 21.9 Å². The highest BCUT2D eigenvalue weighted by Gasteiger charge is 2.22. The highest BCUT2D eigenvalue weighted by atomic mass is 16.4. The molecule has 1 atom stereocenters. The van der Waals surface area contributed by atoms with Crippen LogP contribution in [0.5, 0.6) is 6.01 Å². The molecule has 0 radical (unpaired) electrons. The molecule has 0 saturated carbocycles. The maximum absolute atomic E-state index is 10.6. The lowest BCUT2D eigenvalue weighted by Crippen LogP contribution is -2.51. The van der Waals surface area contributed by atoms with Crippen molar-refractivity contribution in [1.29, 1.82) is 0 Å². The number of nitrogens with one attached hydrogen (secondary N) is 1. The maximum Gasteiger partial charge on any atom is 0.324 e. The minimum absolute atomic E-state index is 0.0133. The summed E-state index contributed by atoms with van der Waals surface area (Å²) in [4.78, 5) is 16.7. The van der Waals surface area contributed by atoms with Gasteiger partial charge in [-0.2, -0.15) is 5.12 Å². The van der Waals surface area contributed by atoms with Crippen LogP contribution in [0.15, 0.2) is 6.20 Å². The van der Waals surface area contributed by atoms with Gasteiger partial charge in [0.25, 0.3) is 6.01 Å². The van der Waals surface area contributed by atoms with Gasteiger partial charge in [0.05, 0.1) is 5.69 Å². The van der Waals surface area contributed by atoms with E-state index in [1.807, 2.05) is 0 Å². The molecule has 0 aliphatic rings. The summed E-state index contributed by atoms with van der Waals surface area (Å²) < 4.78 is 0. The fourth-order valence-electron chi connectivity index (χ4n) is 0.971. The summed E-state index contributed by atoms with van der Waals surface area (Å²) in [6, 6.07) is -1.34. The van der Waals surface area contributed by atoms with Gasteiger partial charge in [0.15, 0.2) is 0 Å². The van der Waals surface area contributed by atoms with E-state index >= 15 is 0 Å². The van der Waals surface area contributed by atoms with Crippen LogP contribution in [0.1, 0.15) is 5.69 Å². The van der Waals surface area contributed by atoms with Gasteiger partial charge in [-0.3, -0.25) is 16.5 Å². The van der Waals surface area contributed by atoms with Crippen LogP contribution in [0.25, 0.3) is 0 Å². The Morgan fingerprint density at radius 2 is 2.36 bits per heavy atom. The molecule has 1 aromatic heterocycles. The number of carbonyl (C=O) groups is 1. The number of hydrogen-bond acceptors (Lipinski definition) is 6. The number of aliphatic carboxylic acids is 1. The highest BCUT2D eigenvalue weighted by molar-refractivity contribution is 5.73. The summed E-state index contributed by atoms with van der Waals surface area (Å²) in [6.45, 7) is 0. The Balaban J connectivity index is 2.69. The van der Waals surface area contributed by atoms with Gasteiger partial charge in [0.1, 0.15) is 6.04 Å². The number of aromatic hydroxyl groups is 1. The third-order valence-electron chi connectivity index (χ3n) is 1.66. The predicted molar refractivity (Wildman–Crippen MR) is 45.6 cm³/mol. The fourth-order valence-corrected chi connectivity index (χ4v) is 0.971. The summed E-state index contributed by atoms with van der Waals surface area (Å²) in [7, 11) is 0. The molecule has 0 fully saturated rings. The van der Waals surface area contributed by atoms with E-state index in [0.717, 1.165) is 0 Å². The van der Waals surface area contributed by atoms with Crippen LogP contribution in [0.3, 0.4) is 0 Å². The molecule has 0 aliphatic heterocycles. The van der Waals surface area contributed by atoms with Crippen molar-refractivity contribution in [3.63, 3.8) is 0 Å². The number of imidazole rings is 1. The molecule has 1 heterocycles. The van der Waals surface area contributed by atoms with Crippen molar-refractivity contribution in [1.82, 2.24) is 15.1 Å². The molecule has 0 saturated heterocycles. The number of nitrogens with zero attached hydrogens (tertiary/aromatic N) is 2. The van der Waals surface area contributed by atoms with Crippen molar-refractivity contribution in [3.05, 3.63) is 11.9 Å². The van der Waals surface area contributed by atoms with Crippen LogP contribution in [0, 0.1) is 0 Å². The predicted octanol–water partition coefficient (Wildman–Crippen LogP) is -1.84. The Bertz CT molecular complexity index is 323. The van der Waals surface area contributed by atoms with Crippen molar-refractivity contribution >= 4 is 5.97 Å². The lowest BCUT2D eigenvalue weighted by atomic mass is 10.2. The van der Waals surface area contributed by atoms with Crippen LogP contribution in [0.4, 0.5) is 0 Å². The number of rotatable bonds is 4. The number of aromatic nitrogens is 2. The largest absolute Gasteiger partial charge is 0.480 e. The minimum Gasteiger partial charge on any atom is -0.480 e. The van der Waals surface area contributed by atoms with E-state index in [-0.39, 0.29) is 12.4 Å². The van der Waals surface area contributed by atoms with Crippen molar-refractivity contribution in [2.75, 3.05) is 0 Å². The van der Waals surface area contributed by atoms with Gasteiger partial charge in [0, 0.05) is 12.6 Å². The Hall–Kier alpha value is -1.64. The summed E-state index contributed by atoms with van der Waals surface area (Å²) in [5.41, 5.74) is 0.371. The fraction of sp³-hybridized carbons (Fsp3) is 0.333. The molecule has 0 spiro atoms. The number of hydrazine groups is 2. The first kappa shape index (κ1) is 10.4. The van der Waals surface area contributed by atoms with E-state index in [9.17, 15) is 4.79 Å². The molecule has 1 aromatic rings. The number of hydrogen-bond donors (Lipinski definition) is 5. The molecule has 78 valence electrons. The van der Waals surface area contributed by atoms with E-state index in [1.54, 1.807) is 0 Å². The van der Waals surface area contributed by atoms with Crippen molar-refractivity contribution in [2.45, 2.75) is 12.5 Å². The number of nitrogens with two attached hydrogens (primary N) is 2. The second-order valence-electron chi connectivity index (χ2n) is 2.72. The van der Waals surface area contributed by atoms with Gasteiger partial charge in [-0.1, -0.05) is 0 Å². The van der Waals surface area contributed by atoms with Crippen LogP contribution in [-0.2, 0) is 11.2 Å². The number of aromatic amines is 1. The SMILES string of the molecule is NN(N)[C@@H](Cc1c[nH]c(O)n1)C(=O)O. The summed E-state index contributed by atoms with van der Waals surface area (Å²) in [6.07, 6.45) is 1.40. The molecular formula is C6H11N5O3. The third kappa shape index (κ3) is 2.42. The first-order chi connectivity index (χ1) is 6.50. The zero-order valence-corrected chi connectivity index (χ0v) is 7.21. The van der Waals surface area contributed by atoms with Crippen LogP contribution >= 0.6 is 0 Å². The topological polar surface area (TPSA) is 141 Å². The van der Waals surface area contributed by atoms with Crippen LogP contribution in [-0.4, -0.2) is 37.3 Å². The molecule has 0 aliphatic carbocycles. The zero-order valence-electron chi connectivity index (χ0n) is 7.21. The van der Waals surface area contributed by atoms with Crippen molar-refractivity contribution < 1.29 is 15.0 Å². The Kier molecular flexibility index (Phi) is 3.02. The maximum atomic E-state index is 10.6. The molecule has 0 unspecified atom stereocenters. The molecular weight excluding hydrogens is 190 g/mol. The second kappa shape index (κ2) is 4.05. The third-order valence-corrected chi connectivity index (χ3v) is 1.66. The highest BCUT2D eigenvalue weighted by Crippen LogP contribution is 2.06. The Morgan fingerprint density at radius 3 is 2.71 bits per heavy atom. The van der Waals surface area contributed by atoms with Crippen molar-refractivity contribution in [2.24, 2.45) is 11.7 Å². The zero-order chi connectivity index (χ0) is 10.7. The lowest BCUT2D eigenvalue weighted by Gasteiger charge is -2.17. The van der Waals surface area contributed by atoms with Crippen LogP contribution < -0.4 is 11.7 Å². The van der Waals surface area contributed by atoms with E-state index in [0.29, 0.717) is 10.8 Å². The van der Waals surface area contributed by atoms with Crippen molar-refractivity contribution in [3.8, 4) is 6.01 Å². The molecule has 0 aromatic carbocycles. The van der Waals surface area contributed by atoms with Gasteiger partial charge in [-0.25, -0.2) is 4.98 Å². The normalized spacial score (nSPS) is 13.1. The molecule has 0 bridgehead atoms.